The van der Waals surface area contributed by atoms with E-state index in [1.165, 1.54) is 6.07 Å². The molecule has 128 valence electrons. The van der Waals surface area contributed by atoms with Crippen LogP contribution in [0.2, 0.25) is 0 Å². The number of nitrogens with zero attached hydrogens (tertiary/aromatic N) is 2. The maximum atomic E-state index is 13.6. The van der Waals surface area contributed by atoms with E-state index >= 15 is 0 Å². The molecule has 0 spiro atoms. The lowest BCUT2D eigenvalue weighted by Crippen LogP contribution is -2.26. The second-order valence-electron chi connectivity index (χ2n) is 5.61. The predicted octanol–water partition coefficient (Wildman–Crippen LogP) is 1.84. The molecule has 9 heteroatoms. The molecular weight excluding hydrogens is 342 g/mol. The van der Waals surface area contributed by atoms with Crippen LogP contribution in [-0.2, 0) is 16.4 Å². The Labute approximate surface area is 136 Å². The Balaban J connectivity index is 1.91. The van der Waals surface area contributed by atoms with Gasteiger partial charge in [-0.15, -0.1) is 0 Å². The van der Waals surface area contributed by atoms with E-state index in [1.807, 2.05) is 0 Å². The van der Waals surface area contributed by atoms with Gasteiger partial charge in [-0.05, 0) is 25.0 Å². The predicted molar refractivity (Wildman–Crippen MR) is 80.6 cm³/mol. The number of sulfone groups is 1. The van der Waals surface area contributed by atoms with Gasteiger partial charge in [0.25, 0.3) is 5.56 Å². The smallest absolute Gasteiger partial charge is 0.258 e. The van der Waals surface area contributed by atoms with Crippen LogP contribution in [-0.4, -0.2) is 24.2 Å². The summed E-state index contributed by atoms with van der Waals surface area (Å²) in [6.45, 7) is -0.310. The number of ether oxygens (including phenoxy) is 1. The summed E-state index contributed by atoms with van der Waals surface area (Å²) in [6, 6.07) is 3.88. The minimum absolute atomic E-state index is 0.0606. The fourth-order valence-corrected chi connectivity index (χ4v) is 3.10. The molecule has 3 rings (SSSR count). The largest absolute Gasteiger partial charge is 0.472 e. The van der Waals surface area contributed by atoms with Crippen LogP contribution in [0.5, 0.6) is 5.88 Å². The van der Waals surface area contributed by atoms with Gasteiger partial charge in [-0.3, -0.25) is 9.36 Å². The van der Waals surface area contributed by atoms with E-state index in [9.17, 15) is 22.0 Å². The molecule has 0 aliphatic heterocycles. The molecule has 0 saturated heterocycles. The fraction of sp³-hybridized carbons (Fsp3) is 0.333. The summed E-state index contributed by atoms with van der Waals surface area (Å²) in [6.07, 6.45) is 2.38. The van der Waals surface area contributed by atoms with Crippen LogP contribution in [0.1, 0.15) is 24.4 Å². The van der Waals surface area contributed by atoms with E-state index in [1.54, 1.807) is 0 Å². The van der Waals surface area contributed by atoms with E-state index < -0.39 is 27.0 Å². The van der Waals surface area contributed by atoms with Gasteiger partial charge in [0.05, 0.1) is 6.07 Å². The Morgan fingerprint density at radius 3 is 2.58 bits per heavy atom. The van der Waals surface area contributed by atoms with Gasteiger partial charge in [-0.25, -0.2) is 17.2 Å². The van der Waals surface area contributed by atoms with Crippen molar-refractivity contribution >= 4 is 9.84 Å². The van der Waals surface area contributed by atoms with Crippen LogP contribution in [0.3, 0.4) is 0 Å². The number of aromatic nitrogens is 2. The average molecular weight is 356 g/mol. The van der Waals surface area contributed by atoms with Gasteiger partial charge in [0.1, 0.15) is 18.2 Å². The summed E-state index contributed by atoms with van der Waals surface area (Å²) < 4.78 is 56.6. The van der Waals surface area contributed by atoms with Crippen LogP contribution in [0.15, 0.2) is 34.2 Å². The Bertz CT molecular complexity index is 952. The van der Waals surface area contributed by atoms with E-state index in [2.05, 4.69) is 4.98 Å². The van der Waals surface area contributed by atoms with E-state index in [0.29, 0.717) is 18.9 Å². The first-order chi connectivity index (χ1) is 11.3. The number of rotatable bonds is 5. The summed E-state index contributed by atoms with van der Waals surface area (Å²) in [5, 5.41) is -0.368. The van der Waals surface area contributed by atoms with Gasteiger partial charge in [-0.1, -0.05) is 0 Å². The maximum Gasteiger partial charge on any atom is 0.258 e. The van der Waals surface area contributed by atoms with E-state index in [4.69, 9.17) is 4.74 Å². The van der Waals surface area contributed by atoms with Crippen molar-refractivity contribution in [2.45, 2.75) is 30.6 Å². The first-order valence-electron chi connectivity index (χ1n) is 7.16. The van der Waals surface area contributed by atoms with Crippen molar-refractivity contribution in [3.63, 3.8) is 0 Å². The third-order valence-electron chi connectivity index (χ3n) is 3.53. The normalized spacial score (nSPS) is 14.6. The zero-order valence-corrected chi connectivity index (χ0v) is 13.5. The minimum atomic E-state index is -3.73. The first kappa shape index (κ1) is 16.6. The summed E-state index contributed by atoms with van der Waals surface area (Å²) in [5.41, 5.74) is -0.479. The van der Waals surface area contributed by atoms with Crippen LogP contribution < -0.4 is 10.3 Å². The molecule has 2 aromatic rings. The summed E-state index contributed by atoms with van der Waals surface area (Å²) >= 11 is 0. The third-order valence-corrected chi connectivity index (χ3v) is 4.48. The second-order valence-corrected chi connectivity index (χ2v) is 7.52. The summed E-state index contributed by atoms with van der Waals surface area (Å²) in [4.78, 5) is 16.1. The van der Waals surface area contributed by atoms with Gasteiger partial charge in [0.15, 0.2) is 0 Å². The lowest BCUT2D eigenvalue weighted by atomic mass is 10.2. The topological polar surface area (TPSA) is 78.3 Å². The van der Waals surface area contributed by atoms with Gasteiger partial charge < -0.3 is 4.74 Å². The molecule has 1 aliphatic carbocycles. The zero-order chi connectivity index (χ0) is 17.5. The van der Waals surface area contributed by atoms with Gasteiger partial charge in [-0.2, -0.15) is 4.98 Å². The van der Waals surface area contributed by atoms with Crippen LogP contribution in [0.4, 0.5) is 8.78 Å². The monoisotopic (exact) mass is 356 g/mol. The SMILES string of the molecule is CS(=O)(=O)c1nc(OCc2ccc(F)cc2F)cc(=O)n1C1CC1. The molecule has 1 aromatic heterocycles. The van der Waals surface area contributed by atoms with Crippen molar-refractivity contribution < 1.29 is 21.9 Å². The molecule has 0 radical (unpaired) electrons. The maximum absolute atomic E-state index is 13.6. The Morgan fingerprint density at radius 1 is 1.29 bits per heavy atom. The first-order valence-corrected chi connectivity index (χ1v) is 9.05. The highest BCUT2D eigenvalue weighted by molar-refractivity contribution is 7.90. The standard InChI is InChI=1S/C15H14F2N2O4S/c1-24(21,22)15-18-13(7-14(20)19(15)11-4-5-11)23-8-9-2-3-10(16)6-12(9)17/h2-3,6-7,11H,4-5,8H2,1H3. The number of hydrogen-bond acceptors (Lipinski definition) is 5. The highest BCUT2D eigenvalue weighted by Crippen LogP contribution is 2.35. The molecule has 0 bridgehead atoms. The van der Waals surface area contributed by atoms with Crippen molar-refractivity contribution in [2.24, 2.45) is 0 Å². The van der Waals surface area contributed by atoms with E-state index in [-0.39, 0.29) is 29.2 Å². The molecule has 1 heterocycles. The molecule has 0 amide bonds. The molecular formula is C15H14F2N2O4S. The van der Waals surface area contributed by atoms with Crippen molar-refractivity contribution in [3.8, 4) is 5.88 Å². The summed E-state index contributed by atoms with van der Waals surface area (Å²) in [7, 11) is -3.73. The van der Waals surface area contributed by atoms with Gasteiger partial charge in [0, 0.05) is 23.9 Å². The molecule has 6 nitrogen and oxygen atoms in total. The number of benzene rings is 1. The highest BCUT2D eigenvalue weighted by atomic mass is 32.2. The second kappa shape index (κ2) is 5.97. The Hall–Kier alpha value is -2.29. The van der Waals surface area contributed by atoms with Crippen molar-refractivity contribution in [3.05, 3.63) is 51.8 Å². The van der Waals surface area contributed by atoms with Crippen molar-refractivity contribution in [2.75, 3.05) is 6.26 Å². The Morgan fingerprint density at radius 2 is 2.00 bits per heavy atom. The molecule has 0 atom stereocenters. The highest BCUT2D eigenvalue weighted by Gasteiger charge is 2.31. The number of halogens is 2. The number of hydrogen-bond donors (Lipinski definition) is 0. The zero-order valence-electron chi connectivity index (χ0n) is 12.7. The van der Waals surface area contributed by atoms with Crippen LogP contribution >= 0.6 is 0 Å². The van der Waals surface area contributed by atoms with Gasteiger partial charge >= 0.3 is 0 Å². The third kappa shape index (κ3) is 3.45. The van der Waals surface area contributed by atoms with Crippen LogP contribution in [0.25, 0.3) is 0 Å². The van der Waals surface area contributed by atoms with Gasteiger partial charge in [0.2, 0.25) is 20.9 Å². The van der Waals surface area contributed by atoms with Crippen molar-refractivity contribution in [1.82, 2.24) is 9.55 Å². The lowest BCUT2D eigenvalue weighted by molar-refractivity contribution is 0.281. The molecule has 0 unspecified atom stereocenters. The average Bonchev–Trinajstić information content (AvgIpc) is 3.29. The fourth-order valence-electron chi connectivity index (χ4n) is 2.24. The molecule has 1 aliphatic rings. The van der Waals surface area contributed by atoms with Crippen molar-refractivity contribution in [1.29, 1.82) is 0 Å². The quantitative estimate of drug-likeness (QED) is 0.764. The van der Waals surface area contributed by atoms with Crippen LogP contribution in [0, 0.1) is 11.6 Å². The molecule has 24 heavy (non-hydrogen) atoms. The Kier molecular flexibility index (Phi) is 4.12. The minimum Gasteiger partial charge on any atom is -0.472 e. The lowest BCUT2D eigenvalue weighted by Gasteiger charge is -2.12. The summed E-state index contributed by atoms with van der Waals surface area (Å²) in [5.74, 6) is -1.74. The molecule has 1 aromatic carbocycles. The van der Waals surface area contributed by atoms with E-state index in [0.717, 1.165) is 23.0 Å². The molecule has 1 saturated carbocycles. The molecule has 0 N–H and O–H groups in total. The molecule has 1 fully saturated rings.